The molecule has 6 rings (SSSR count). The Hall–Kier alpha value is -3.01. The zero-order chi connectivity index (χ0) is 25.2. The highest BCUT2D eigenvalue weighted by Gasteiger charge is 2.32. The van der Waals surface area contributed by atoms with Gasteiger partial charge >= 0.3 is 0 Å². The summed E-state index contributed by atoms with van der Waals surface area (Å²) in [6.07, 6.45) is 0.889. The third-order valence-corrected chi connectivity index (χ3v) is 8.37. The number of aromatic nitrogens is 3. The van der Waals surface area contributed by atoms with Crippen LogP contribution in [-0.4, -0.2) is 49.6 Å². The average Bonchev–Trinajstić information content (AvgIpc) is 3.34. The van der Waals surface area contributed by atoms with Gasteiger partial charge < -0.3 is 15.0 Å². The van der Waals surface area contributed by atoms with Gasteiger partial charge in [-0.3, -0.25) is 18.4 Å². The van der Waals surface area contributed by atoms with Crippen LogP contribution in [-0.2, 0) is 13.1 Å². The summed E-state index contributed by atoms with van der Waals surface area (Å²) in [6.45, 7) is 11.4. The van der Waals surface area contributed by atoms with Gasteiger partial charge in [0, 0.05) is 55.3 Å². The molecule has 1 saturated heterocycles. The molecule has 2 aromatic carbocycles. The second kappa shape index (κ2) is 8.54. The van der Waals surface area contributed by atoms with Crippen molar-refractivity contribution in [1.82, 2.24) is 24.1 Å². The molecule has 6 bridgehead atoms. The molecule has 36 heavy (non-hydrogen) atoms. The third-order valence-electron chi connectivity index (χ3n) is 7.18. The molecule has 9 heteroatoms. The second-order valence-electron chi connectivity index (χ2n) is 11.0. The van der Waals surface area contributed by atoms with Gasteiger partial charge in [0.05, 0.1) is 15.6 Å². The predicted octanol–water partition coefficient (Wildman–Crippen LogP) is 3.71. The fourth-order valence-electron chi connectivity index (χ4n) is 5.23. The van der Waals surface area contributed by atoms with Crippen LogP contribution in [0.15, 0.2) is 39.9 Å². The first-order valence-electron chi connectivity index (χ1n) is 12.5. The van der Waals surface area contributed by atoms with Crippen LogP contribution in [0, 0.1) is 0 Å². The van der Waals surface area contributed by atoms with E-state index < -0.39 is 0 Å². The average molecular weight is 506 g/mol. The van der Waals surface area contributed by atoms with Crippen molar-refractivity contribution in [2.45, 2.75) is 64.9 Å². The van der Waals surface area contributed by atoms with Crippen molar-refractivity contribution in [3.63, 3.8) is 0 Å². The van der Waals surface area contributed by atoms with E-state index in [1.165, 1.54) is 11.5 Å². The molecule has 2 aliphatic rings. The SMILES string of the molecule is C[C@@H]1C[C@H]2CN1CCn1sc3c(cccc3c1=O)-c1nc3c(c(CNC(C)(C)C)ccc3[nH]c1=O)O2. The summed E-state index contributed by atoms with van der Waals surface area (Å²) in [5.74, 6) is 0.718. The maximum absolute atomic E-state index is 13.2. The summed E-state index contributed by atoms with van der Waals surface area (Å²) in [6, 6.07) is 9.80. The zero-order valence-corrected chi connectivity index (χ0v) is 21.9. The molecule has 0 aliphatic carbocycles. The second-order valence-corrected chi connectivity index (χ2v) is 12.0. The lowest BCUT2D eigenvalue weighted by Gasteiger charge is -2.24. The molecule has 0 saturated carbocycles. The Balaban J connectivity index is 1.62. The Labute approximate surface area is 213 Å². The molecule has 0 radical (unpaired) electrons. The van der Waals surface area contributed by atoms with E-state index in [0.717, 1.165) is 35.5 Å². The fourth-order valence-corrected chi connectivity index (χ4v) is 6.33. The molecule has 0 amide bonds. The van der Waals surface area contributed by atoms with Crippen LogP contribution in [0.1, 0.15) is 39.7 Å². The zero-order valence-electron chi connectivity index (χ0n) is 21.1. The van der Waals surface area contributed by atoms with Gasteiger partial charge in [0.1, 0.15) is 17.3 Å². The molecule has 2 aromatic heterocycles. The molecule has 1 unspecified atom stereocenters. The maximum Gasteiger partial charge on any atom is 0.275 e. The summed E-state index contributed by atoms with van der Waals surface area (Å²) in [7, 11) is 0. The molecule has 3 atom stereocenters. The van der Waals surface area contributed by atoms with Crippen LogP contribution in [0.2, 0.25) is 0 Å². The number of H-pyrrole nitrogens is 1. The Bertz CT molecular complexity index is 1600. The Morgan fingerprint density at radius 2 is 2.03 bits per heavy atom. The Morgan fingerprint density at radius 3 is 2.83 bits per heavy atom. The summed E-state index contributed by atoms with van der Waals surface area (Å²) >= 11 is 1.42. The first kappa shape index (κ1) is 23.4. The molecule has 4 heterocycles. The van der Waals surface area contributed by atoms with Crippen LogP contribution in [0.3, 0.4) is 0 Å². The lowest BCUT2D eigenvalue weighted by molar-refractivity contribution is 0.195. The summed E-state index contributed by atoms with van der Waals surface area (Å²) < 4.78 is 9.31. The molecule has 2 N–H and O–H groups in total. The predicted molar refractivity (Wildman–Crippen MR) is 144 cm³/mol. The van der Waals surface area contributed by atoms with Crippen LogP contribution in [0.5, 0.6) is 5.75 Å². The van der Waals surface area contributed by atoms with E-state index in [2.05, 4.69) is 42.9 Å². The van der Waals surface area contributed by atoms with Gasteiger partial charge in [-0.2, -0.15) is 0 Å². The molecular formula is C27H31N5O3S. The van der Waals surface area contributed by atoms with Gasteiger partial charge in [0.25, 0.3) is 11.1 Å². The van der Waals surface area contributed by atoms with E-state index in [1.54, 1.807) is 3.96 Å². The summed E-state index contributed by atoms with van der Waals surface area (Å²) in [5, 5.41) is 4.19. The standard InChI is InChI=1S/C27H31N5O3S/c1-15-12-17-14-31(15)10-11-32-26(34)19-7-5-6-18(24(19)36-32)21-25(33)29-20-9-8-16(13-28-27(2,3)4)23(35-17)22(20)30-21/h5-9,15,17,28H,10-14H2,1-4H3,(H,29,33)/t15-,17+/m1/s1. The first-order valence-corrected chi connectivity index (χ1v) is 13.3. The minimum absolute atomic E-state index is 0.00218. The van der Waals surface area contributed by atoms with Gasteiger partial charge in [-0.25, -0.2) is 4.98 Å². The molecule has 8 nitrogen and oxygen atoms in total. The molecule has 188 valence electrons. The molecule has 2 aliphatic heterocycles. The van der Waals surface area contributed by atoms with E-state index in [9.17, 15) is 9.59 Å². The van der Waals surface area contributed by atoms with Crippen LogP contribution in [0.4, 0.5) is 0 Å². The minimum Gasteiger partial charge on any atom is -0.486 e. The van der Waals surface area contributed by atoms with Gasteiger partial charge in [-0.1, -0.05) is 29.7 Å². The third kappa shape index (κ3) is 4.05. The van der Waals surface area contributed by atoms with Crippen LogP contribution < -0.4 is 21.2 Å². The summed E-state index contributed by atoms with van der Waals surface area (Å²) in [5.41, 5.74) is 2.93. The number of ether oxygens (including phenoxy) is 1. The highest BCUT2D eigenvalue weighted by molar-refractivity contribution is 7.14. The van der Waals surface area contributed by atoms with E-state index in [1.807, 2.05) is 30.3 Å². The van der Waals surface area contributed by atoms with Crippen molar-refractivity contribution in [3.05, 3.63) is 56.6 Å². The highest BCUT2D eigenvalue weighted by atomic mass is 32.1. The lowest BCUT2D eigenvalue weighted by Crippen LogP contribution is -2.35. The highest BCUT2D eigenvalue weighted by Crippen LogP contribution is 2.34. The molecule has 1 fully saturated rings. The Morgan fingerprint density at radius 1 is 1.19 bits per heavy atom. The van der Waals surface area contributed by atoms with Gasteiger partial charge in [-0.05, 0) is 39.8 Å². The number of hydrogen-bond acceptors (Lipinski definition) is 7. The van der Waals surface area contributed by atoms with Gasteiger partial charge in [0.15, 0.2) is 5.75 Å². The van der Waals surface area contributed by atoms with E-state index in [4.69, 9.17) is 9.72 Å². The van der Waals surface area contributed by atoms with E-state index in [0.29, 0.717) is 46.8 Å². The number of hydrogen-bond donors (Lipinski definition) is 2. The first-order chi connectivity index (χ1) is 17.2. The number of fused-ring (bicyclic) bond motifs is 5. The topological polar surface area (TPSA) is 92.3 Å². The fraction of sp³-hybridized carbons (Fsp3) is 0.444. The van der Waals surface area contributed by atoms with E-state index in [-0.39, 0.29) is 22.8 Å². The number of nitrogens with zero attached hydrogens (tertiary/aromatic N) is 3. The summed E-state index contributed by atoms with van der Waals surface area (Å²) in [4.78, 5) is 36.8. The monoisotopic (exact) mass is 505 g/mol. The normalized spacial score (nSPS) is 21.8. The molecule has 4 aromatic rings. The van der Waals surface area contributed by atoms with Crippen molar-refractivity contribution in [1.29, 1.82) is 0 Å². The Kier molecular flexibility index (Phi) is 5.55. The quantitative estimate of drug-likeness (QED) is 0.432. The lowest BCUT2D eigenvalue weighted by atomic mass is 10.1. The largest absolute Gasteiger partial charge is 0.486 e. The van der Waals surface area contributed by atoms with Gasteiger partial charge in [-0.15, -0.1) is 0 Å². The van der Waals surface area contributed by atoms with Crippen LogP contribution >= 0.6 is 11.5 Å². The number of nitrogens with one attached hydrogen (secondary N) is 2. The van der Waals surface area contributed by atoms with E-state index >= 15 is 0 Å². The minimum atomic E-state index is -0.276. The van der Waals surface area contributed by atoms with Crippen LogP contribution in [0.25, 0.3) is 32.4 Å². The van der Waals surface area contributed by atoms with Crippen molar-refractivity contribution in [2.24, 2.45) is 0 Å². The smallest absolute Gasteiger partial charge is 0.275 e. The number of aromatic amines is 1. The van der Waals surface area contributed by atoms with Crippen molar-refractivity contribution in [3.8, 4) is 17.0 Å². The number of rotatable bonds is 2. The van der Waals surface area contributed by atoms with Crippen molar-refractivity contribution >= 4 is 32.7 Å². The van der Waals surface area contributed by atoms with Crippen molar-refractivity contribution in [2.75, 3.05) is 13.1 Å². The van der Waals surface area contributed by atoms with Gasteiger partial charge in [0.2, 0.25) is 0 Å². The molecule has 0 spiro atoms. The van der Waals surface area contributed by atoms with Crippen molar-refractivity contribution < 1.29 is 4.74 Å². The maximum atomic E-state index is 13.2. The molecular weight excluding hydrogens is 474 g/mol. The number of benzene rings is 2.